The summed E-state index contributed by atoms with van der Waals surface area (Å²) in [7, 11) is -16.1. The van der Waals surface area contributed by atoms with Gasteiger partial charge in [-0.3, -0.25) is 37.0 Å². The van der Waals surface area contributed by atoms with E-state index in [-0.39, 0.29) is 6.61 Å². The summed E-state index contributed by atoms with van der Waals surface area (Å²) in [5, 5.41) is 70.4. The molecule has 0 bridgehead atoms. The quantitative estimate of drug-likeness (QED) is 0.0415. The van der Waals surface area contributed by atoms with Crippen LogP contribution in [-0.2, 0) is 69.6 Å². The number of phosphoric ester groups is 3. The Balaban J connectivity index is 0.00000161. The Bertz CT molecular complexity index is 1730. The maximum Gasteiger partial charge on any atom is 0.474 e. The van der Waals surface area contributed by atoms with Gasteiger partial charge in [-0.1, -0.05) is 48.5 Å². The number of aliphatic hydroxyl groups excluding tert-OH is 6. The zero-order valence-corrected chi connectivity index (χ0v) is 45.0. The Kier molecular flexibility index (Phi) is 31.1. The Morgan fingerprint density at radius 3 is 1.00 bits per heavy atom. The molecule has 3 aliphatic heterocycles. The molecule has 0 aliphatic carbocycles. The fraction of sp³-hybridized carbons (Fsp3) is 0.923. The van der Waals surface area contributed by atoms with Gasteiger partial charge in [-0.2, -0.15) is 0 Å². The predicted octanol–water partition coefficient (Wildman–Crippen LogP) is -2.66. The van der Waals surface area contributed by atoms with Gasteiger partial charge in [-0.25, -0.2) is 13.7 Å². The minimum atomic E-state index is -5.51. The molecule has 13 N–H and O–H groups in total. The third-order valence-corrected chi connectivity index (χ3v) is 13.5. The number of aliphatic hydroxyl groups is 6. The van der Waals surface area contributed by atoms with Crippen LogP contribution in [-0.4, -0.2) is 235 Å². The Labute approximate surface area is 419 Å². The van der Waals surface area contributed by atoms with Crippen molar-refractivity contribution in [2.45, 2.75) is 168 Å². The molecule has 0 radical (unpaired) electrons. The summed E-state index contributed by atoms with van der Waals surface area (Å²) in [4.78, 5) is 79.3. The highest BCUT2D eigenvalue weighted by Crippen LogP contribution is 2.49. The van der Waals surface area contributed by atoms with E-state index in [0.717, 1.165) is 20.8 Å². The number of carbonyl (C=O) groups is 3. The van der Waals surface area contributed by atoms with Crippen molar-refractivity contribution in [1.29, 1.82) is 0 Å². The summed E-state index contributed by atoms with van der Waals surface area (Å²) in [5.41, 5.74) is 0. The summed E-state index contributed by atoms with van der Waals surface area (Å²) < 4.78 is 83.2. The first-order chi connectivity index (χ1) is 33.4. The molecule has 3 aliphatic rings. The van der Waals surface area contributed by atoms with Crippen LogP contribution < -0.4 is 16.0 Å². The predicted molar refractivity (Wildman–Crippen MR) is 250 cm³/mol. The third kappa shape index (κ3) is 23.7. The first-order valence-corrected chi connectivity index (χ1v) is 27.9. The second kappa shape index (κ2) is 32.8. The number of rotatable bonds is 25. The molecule has 3 heterocycles. The first-order valence-electron chi connectivity index (χ1n) is 23.4. The number of nitrogens with zero attached hydrogens (tertiary/aromatic N) is 2. The Morgan fingerprint density at radius 1 is 0.472 bits per heavy atom. The van der Waals surface area contributed by atoms with E-state index in [0.29, 0.717) is 6.42 Å². The molecule has 3 rings (SSSR count). The number of phosphoric acid groups is 3. The lowest BCUT2D eigenvalue weighted by Gasteiger charge is -2.44. The Morgan fingerprint density at radius 2 is 0.750 bits per heavy atom. The van der Waals surface area contributed by atoms with Crippen LogP contribution >= 0.6 is 23.5 Å². The van der Waals surface area contributed by atoms with E-state index in [1.165, 1.54) is 39.3 Å². The summed E-state index contributed by atoms with van der Waals surface area (Å²) in [5.74, 6) is -2.34. The van der Waals surface area contributed by atoms with Gasteiger partial charge in [0.15, 0.2) is 18.9 Å². The zero-order chi connectivity index (χ0) is 55.3. The summed E-state index contributed by atoms with van der Waals surface area (Å²) in [6.45, 7) is 21.8. The molecule has 0 spiro atoms. The summed E-state index contributed by atoms with van der Waals surface area (Å²) >= 11 is 0. The zero-order valence-electron chi connectivity index (χ0n) is 42.3. The Hall–Kier alpha value is -1.74. The summed E-state index contributed by atoms with van der Waals surface area (Å²) in [6.07, 6.45) is -22.5. The molecule has 3 amide bonds. The largest absolute Gasteiger partial charge is 0.474 e. The lowest BCUT2D eigenvalue weighted by Crippen LogP contribution is -2.65. The second-order valence-electron chi connectivity index (χ2n) is 16.4. The van der Waals surface area contributed by atoms with Crippen LogP contribution in [0.4, 0.5) is 0 Å². The van der Waals surface area contributed by atoms with Crippen molar-refractivity contribution in [1.82, 2.24) is 25.8 Å². The highest BCUT2D eigenvalue weighted by molar-refractivity contribution is 7.47. The van der Waals surface area contributed by atoms with Gasteiger partial charge < -0.3 is 94.9 Å². The van der Waals surface area contributed by atoms with Crippen molar-refractivity contribution in [2.75, 3.05) is 65.7 Å². The SMILES string of the molecule is CCCO[C@H]1OC(COP(=O)(O)O[C@H]2OC(COP(=O)(O)O[C@H]3OC(COP(=O)(O)O)[C@@H](O)[C@H](O)C3NC(C)=O)[C@@H](O)[C@H](O)C2NC(C)=O)[C@@H](O)[C@H](O)C1NC(C)=O.CCN(CC)CC.CCN(CC)CC. The average molecular weight is 1110 g/mol. The molecule has 0 aromatic rings. The smallest absolute Gasteiger partial charge is 0.388 e. The minimum Gasteiger partial charge on any atom is -0.388 e. The molecule has 0 aromatic carbocycles. The van der Waals surface area contributed by atoms with Crippen molar-refractivity contribution >= 4 is 41.2 Å². The van der Waals surface area contributed by atoms with Crippen LogP contribution in [0.15, 0.2) is 0 Å². The highest BCUT2D eigenvalue weighted by atomic mass is 31.2. The lowest BCUT2D eigenvalue weighted by atomic mass is 9.97. The number of hydrogen-bond acceptors (Lipinski definition) is 23. The fourth-order valence-electron chi connectivity index (χ4n) is 7.10. The van der Waals surface area contributed by atoms with Gasteiger partial charge in [0, 0.05) is 27.4 Å². The number of ether oxygens (including phenoxy) is 4. The molecule has 3 fully saturated rings. The van der Waals surface area contributed by atoms with E-state index in [2.05, 4.69) is 71.8 Å². The number of hydrogen-bond donors (Lipinski definition) is 13. The molecule has 426 valence electrons. The molecule has 30 nitrogen and oxygen atoms in total. The molecule has 33 heteroatoms. The second-order valence-corrected chi connectivity index (χ2v) is 20.4. The molecule has 0 aromatic heterocycles. The van der Waals surface area contributed by atoms with Crippen molar-refractivity contribution < 1.29 is 120 Å². The van der Waals surface area contributed by atoms with Crippen LogP contribution in [0.5, 0.6) is 0 Å². The fourth-order valence-corrected chi connectivity index (χ4v) is 9.12. The average Bonchev–Trinajstić information content (AvgIpc) is 3.29. The highest BCUT2D eigenvalue weighted by Gasteiger charge is 2.52. The normalized spacial score (nSPS) is 32.5. The van der Waals surface area contributed by atoms with Crippen molar-refractivity contribution in [3.05, 3.63) is 0 Å². The molecule has 0 saturated carbocycles. The molecular formula is C39H80N5O25P3. The standard InChI is InChI=1S/C27H50N3O25P3.2C6H15N/c1-5-6-47-25-16(28-10(2)31)22(37)20(35)14(51-25)8-49-57(43,44)55-27-18(30-12(4)33)24(39)21(36)15(53-27)9-50-58(45,46)54-26-17(29-11(3)32)23(38)19(34)13(52-26)7-48-56(40,41)42;2*1-4-7(5-2)6-3/h13-27,34-39H,5-9H2,1-4H3,(H,28,31)(H,29,32)(H,30,33)(H,43,44)(H,45,46)(H2,40,41,42);2*4-6H2,1-3H3/t13?,14?,15?,16?,17?,18?,19-,20-,21-,22-,23-,24-,25+,26-,27-;;/m1../s1. The molecular weight excluding hydrogens is 1030 g/mol. The van der Waals surface area contributed by atoms with E-state index in [9.17, 15) is 68.5 Å². The van der Waals surface area contributed by atoms with E-state index in [1.54, 1.807) is 6.92 Å². The van der Waals surface area contributed by atoms with E-state index < -0.39 is 153 Å². The van der Waals surface area contributed by atoms with Gasteiger partial charge in [-0.15, -0.1) is 0 Å². The van der Waals surface area contributed by atoms with Crippen LogP contribution in [0.1, 0.15) is 75.7 Å². The van der Waals surface area contributed by atoms with Gasteiger partial charge in [0.1, 0.15) is 73.1 Å². The number of nitrogens with one attached hydrogen (secondary N) is 3. The van der Waals surface area contributed by atoms with Crippen molar-refractivity contribution in [3.8, 4) is 0 Å². The maximum absolute atomic E-state index is 13.1. The molecule has 3 saturated heterocycles. The van der Waals surface area contributed by atoms with Gasteiger partial charge in [0.2, 0.25) is 17.7 Å². The lowest BCUT2D eigenvalue weighted by molar-refractivity contribution is -0.271. The van der Waals surface area contributed by atoms with Gasteiger partial charge in [0.05, 0.1) is 19.8 Å². The van der Waals surface area contributed by atoms with E-state index in [4.69, 9.17) is 46.8 Å². The van der Waals surface area contributed by atoms with Gasteiger partial charge in [-0.05, 0) is 45.7 Å². The van der Waals surface area contributed by atoms with Gasteiger partial charge >= 0.3 is 23.5 Å². The molecule has 17 atom stereocenters. The number of amides is 3. The summed E-state index contributed by atoms with van der Waals surface area (Å²) in [6, 6.07) is -4.90. The van der Waals surface area contributed by atoms with Gasteiger partial charge in [0.25, 0.3) is 0 Å². The van der Waals surface area contributed by atoms with Crippen molar-refractivity contribution in [2.24, 2.45) is 0 Å². The molecule has 72 heavy (non-hydrogen) atoms. The topological polar surface area (TPSA) is 430 Å². The van der Waals surface area contributed by atoms with Crippen LogP contribution in [0.2, 0.25) is 0 Å². The third-order valence-electron chi connectivity index (χ3n) is 11.1. The van der Waals surface area contributed by atoms with Crippen molar-refractivity contribution in [3.63, 3.8) is 0 Å². The van der Waals surface area contributed by atoms with Crippen LogP contribution in [0, 0.1) is 0 Å². The van der Waals surface area contributed by atoms with E-state index >= 15 is 0 Å². The first kappa shape index (κ1) is 68.3. The molecule has 8 unspecified atom stereocenters. The van der Waals surface area contributed by atoms with Crippen LogP contribution in [0.3, 0.4) is 0 Å². The van der Waals surface area contributed by atoms with Crippen LogP contribution in [0.25, 0.3) is 0 Å². The maximum atomic E-state index is 13.1. The number of carbonyl (C=O) groups excluding carboxylic acids is 3. The minimum absolute atomic E-state index is 0.0795. The monoisotopic (exact) mass is 1110 g/mol. The van der Waals surface area contributed by atoms with E-state index in [1.807, 2.05) is 0 Å².